The molecule has 2 heterocycles. The molecule has 1 aliphatic heterocycles. The van der Waals surface area contributed by atoms with Gasteiger partial charge in [-0.25, -0.2) is 0 Å². The van der Waals surface area contributed by atoms with Crippen LogP contribution in [0.4, 0.5) is 0 Å². The van der Waals surface area contributed by atoms with Crippen molar-refractivity contribution in [3.05, 3.63) is 35.2 Å². The topological polar surface area (TPSA) is 29.3 Å². The van der Waals surface area contributed by atoms with E-state index in [1.165, 1.54) is 27.2 Å². The summed E-state index contributed by atoms with van der Waals surface area (Å²) in [5, 5.41) is 3.68. The molecule has 1 unspecified atom stereocenters. The third-order valence-corrected chi connectivity index (χ3v) is 5.50. The second-order valence-corrected chi connectivity index (χ2v) is 6.72. The van der Waals surface area contributed by atoms with E-state index in [-0.39, 0.29) is 0 Å². The highest BCUT2D eigenvalue weighted by Gasteiger charge is 2.23. The molecule has 0 spiro atoms. The van der Waals surface area contributed by atoms with Crippen LogP contribution >= 0.6 is 23.1 Å². The van der Waals surface area contributed by atoms with Gasteiger partial charge in [0.05, 0.1) is 0 Å². The Kier molecular flexibility index (Phi) is 3.89. The molecule has 1 aromatic heterocycles. The van der Waals surface area contributed by atoms with E-state index >= 15 is 0 Å². The van der Waals surface area contributed by atoms with Crippen LogP contribution in [0.3, 0.4) is 0 Å². The Balaban J connectivity index is 1.95. The Bertz CT molecular complexity index is 517. The van der Waals surface area contributed by atoms with Crippen molar-refractivity contribution in [2.75, 3.05) is 31.1 Å². The largest absolute Gasteiger partial charge is 0.329 e. The number of hydrogen-bond donors (Lipinski definition) is 1. The smallest absolute Gasteiger partial charge is 0.0485 e. The zero-order valence-corrected chi connectivity index (χ0v) is 12.0. The van der Waals surface area contributed by atoms with Gasteiger partial charge in [-0.2, -0.15) is 11.8 Å². The van der Waals surface area contributed by atoms with E-state index in [0.29, 0.717) is 12.6 Å². The SMILES string of the molecule is NCC(c1csc2ccccc12)N1CCSCC1. The van der Waals surface area contributed by atoms with Gasteiger partial charge in [-0.3, -0.25) is 4.90 Å². The maximum atomic E-state index is 6.04. The first kappa shape index (κ1) is 12.5. The van der Waals surface area contributed by atoms with Crippen LogP contribution in [-0.4, -0.2) is 36.0 Å². The summed E-state index contributed by atoms with van der Waals surface area (Å²) in [6.07, 6.45) is 0. The van der Waals surface area contributed by atoms with Crippen molar-refractivity contribution in [1.29, 1.82) is 0 Å². The average molecular weight is 278 g/mol. The van der Waals surface area contributed by atoms with E-state index in [4.69, 9.17) is 5.73 Å². The van der Waals surface area contributed by atoms with Gasteiger partial charge in [-0.05, 0) is 22.4 Å². The Labute approximate surface area is 116 Å². The molecule has 18 heavy (non-hydrogen) atoms. The van der Waals surface area contributed by atoms with E-state index in [0.717, 1.165) is 13.1 Å². The number of hydrogen-bond acceptors (Lipinski definition) is 4. The Morgan fingerprint density at radius 3 is 2.78 bits per heavy atom. The van der Waals surface area contributed by atoms with Crippen LogP contribution in [-0.2, 0) is 0 Å². The summed E-state index contributed by atoms with van der Waals surface area (Å²) in [5.41, 5.74) is 7.46. The molecule has 96 valence electrons. The summed E-state index contributed by atoms with van der Waals surface area (Å²) < 4.78 is 1.37. The van der Waals surface area contributed by atoms with Crippen molar-refractivity contribution in [1.82, 2.24) is 4.90 Å². The molecule has 0 radical (unpaired) electrons. The van der Waals surface area contributed by atoms with Crippen molar-refractivity contribution in [3.63, 3.8) is 0 Å². The molecule has 1 aromatic carbocycles. The molecule has 0 saturated carbocycles. The quantitative estimate of drug-likeness (QED) is 0.936. The van der Waals surface area contributed by atoms with Crippen LogP contribution in [0.5, 0.6) is 0 Å². The summed E-state index contributed by atoms with van der Waals surface area (Å²) >= 11 is 3.88. The highest BCUT2D eigenvalue weighted by molar-refractivity contribution is 7.99. The van der Waals surface area contributed by atoms with Gasteiger partial charge in [0.1, 0.15) is 0 Å². The first-order chi connectivity index (χ1) is 8.90. The molecule has 0 amide bonds. The van der Waals surface area contributed by atoms with Gasteiger partial charge in [0, 0.05) is 41.9 Å². The first-order valence-corrected chi connectivity index (χ1v) is 8.41. The number of rotatable bonds is 3. The second-order valence-electron chi connectivity index (χ2n) is 4.59. The molecule has 2 N–H and O–H groups in total. The minimum atomic E-state index is 0.391. The number of benzene rings is 1. The van der Waals surface area contributed by atoms with Crippen LogP contribution in [0, 0.1) is 0 Å². The number of nitrogens with two attached hydrogens (primary N) is 1. The van der Waals surface area contributed by atoms with Crippen molar-refractivity contribution in [2.45, 2.75) is 6.04 Å². The number of thioether (sulfide) groups is 1. The fourth-order valence-electron chi connectivity index (χ4n) is 2.62. The monoisotopic (exact) mass is 278 g/mol. The lowest BCUT2D eigenvalue weighted by Crippen LogP contribution is -2.39. The van der Waals surface area contributed by atoms with Crippen LogP contribution < -0.4 is 5.73 Å². The van der Waals surface area contributed by atoms with Gasteiger partial charge in [-0.1, -0.05) is 18.2 Å². The molecule has 1 aliphatic rings. The predicted octanol–water partition coefficient (Wildman–Crippen LogP) is 2.95. The van der Waals surface area contributed by atoms with Crippen LogP contribution in [0.15, 0.2) is 29.6 Å². The van der Waals surface area contributed by atoms with Gasteiger partial charge in [0.25, 0.3) is 0 Å². The lowest BCUT2D eigenvalue weighted by molar-refractivity contribution is 0.225. The molecule has 3 rings (SSSR count). The predicted molar refractivity (Wildman–Crippen MR) is 82.5 cm³/mol. The van der Waals surface area contributed by atoms with Crippen molar-refractivity contribution in [3.8, 4) is 0 Å². The summed E-state index contributed by atoms with van der Waals surface area (Å²) in [6, 6.07) is 9.04. The van der Waals surface area contributed by atoms with Crippen LogP contribution in [0.25, 0.3) is 10.1 Å². The Morgan fingerprint density at radius 2 is 2.00 bits per heavy atom. The van der Waals surface area contributed by atoms with E-state index in [2.05, 4.69) is 34.5 Å². The lowest BCUT2D eigenvalue weighted by atomic mass is 10.0. The van der Waals surface area contributed by atoms with Gasteiger partial charge in [0.2, 0.25) is 0 Å². The molecule has 1 atom stereocenters. The number of fused-ring (bicyclic) bond motifs is 1. The molecular formula is C14H18N2S2. The minimum absolute atomic E-state index is 0.391. The highest BCUT2D eigenvalue weighted by atomic mass is 32.2. The van der Waals surface area contributed by atoms with Crippen molar-refractivity contribution < 1.29 is 0 Å². The number of nitrogens with zero attached hydrogens (tertiary/aromatic N) is 1. The van der Waals surface area contributed by atoms with Gasteiger partial charge >= 0.3 is 0 Å². The normalized spacial score (nSPS) is 19.2. The molecule has 0 aliphatic carbocycles. The lowest BCUT2D eigenvalue weighted by Gasteiger charge is -2.33. The van der Waals surface area contributed by atoms with Gasteiger partial charge in [0.15, 0.2) is 0 Å². The standard InChI is InChI=1S/C14H18N2S2/c15-9-13(16-5-7-17-8-6-16)12-10-18-14-4-2-1-3-11(12)14/h1-4,10,13H,5-9,15H2. The van der Waals surface area contributed by atoms with Crippen molar-refractivity contribution >= 4 is 33.2 Å². The third-order valence-electron chi connectivity index (χ3n) is 3.58. The molecule has 2 aromatic rings. The summed E-state index contributed by atoms with van der Waals surface area (Å²) in [7, 11) is 0. The maximum Gasteiger partial charge on any atom is 0.0485 e. The molecule has 1 fully saturated rings. The minimum Gasteiger partial charge on any atom is -0.329 e. The molecule has 4 heteroatoms. The zero-order chi connectivity index (χ0) is 12.4. The first-order valence-electron chi connectivity index (χ1n) is 6.38. The molecule has 0 bridgehead atoms. The van der Waals surface area contributed by atoms with E-state index in [1.54, 1.807) is 0 Å². The maximum absolute atomic E-state index is 6.04. The van der Waals surface area contributed by atoms with Gasteiger partial charge in [-0.15, -0.1) is 11.3 Å². The third kappa shape index (κ3) is 2.30. The summed E-state index contributed by atoms with van der Waals surface area (Å²) in [5.74, 6) is 2.47. The fraction of sp³-hybridized carbons (Fsp3) is 0.429. The van der Waals surface area contributed by atoms with Crippen LogP contribution in [0.1, 0.15) is 11.6 Å². The molecular weight excluding hydrogens is 260 g/mol. The van der Waals surface area contributed by atoms with E-state index in [1.807, 2.05) is 23.1 Å². The Hall–Kier alpha value is -0.550. The fourth-order valence-corrected chi connectivity index (χ4v) is 4.56. The second kappa shape index (κ2) is 5.61. The highest BCUT2D eigenvalue weighted by Crippen LogP contribution is 2.33. The van der Waals surface area contributed by atoms with E-state index < -0.39 is 0 Å². The molecule has 1 saturated heterocycles. The zero-order valence-electron chi connectivity index (χ0n) is 10.3. The van der Waals surface area contributed by atoms with Crippen LogP contribution in [0.2, 0.25) is 0 Å². The average Bonchev–Trinajstić information content (AvgIpc) is 2.85. The van der Waals surface area contributed by atoms with Crippen molar-refractivity contribution in [2.24, 2.45) is 5.73 Å². The van der Waals surface area contributed by atoms with E-state index in [9.17, 15) is 0 Å². The number of thiophene rings is 1. The Morgan fingerprint density at radius 1 is 1.22 bits per heavy atom. The summed E-state index contributed by atoms with van der Waals surface area (Å²) in [6.45, 7) is 3.04. The van der Waals surface area contributed by atoms with Gasteiger partial charge < -0.3 is 5.73 Å². The summed E-state index contributed by atoms with van der Waals surface area (Å²) in [4.78, 5) is 2.55. The molecule has 2 nitrogen and oxygen atoms in total.